The van der Waals surface area contributed by atoms with E-state index >= 15 is 0 Å². The average molecular weight is 399 g/mol. The predicted molar refractivity (Wildman–Crippen MR) is 109 cm³/mol. The highest BCUT2D eigenvalue weighted by molar-refractivity contribution is 5.75. The molecule has 2 aromatic rings. The molecule has 29 heavy (non-hydrogen) atoms. The van der Waals surface area contributed by atoms with Crippen molar-refractivity contribution in [1.82, 2.24) is 10.6 Å². The van der Waals surface area contributed by atoms with Gasteiger partial charge < -0.3 is 15.7 Å². The van der Waals surface area contributed by atoms with Gasteiger partial charge in [-0.3, -0.25) is 14.9 Å². The lowest BCUT2D eigenvalue weighted by Crippen LogP contribution is -2.44. The van der Waals surface area contributed by atoms with Crippen molar-refractivity contribution >= 4 is 17.7 Å². The Morgan fingerprint density at radius 1 is 1.14 bits per heavy atom. The van der Waals surface area contributed by atoms with Crippen molar-refractivity contribution in [3.63, 3.8) is 0 Å². The maximum Gasteiger partial charge on any atom is 0.315 e. The summed E-state index contributed by atoms with van der Waals surface area (Å²) >= 11 is 0. The summed E-state index contributed by atoms with van der Waals surface area (Å²) in [7, 11) is 0. The van der Waals surface area contributed by atoms with E-state index in [-0.39, 0.29) is 18.2 Å². The van der Waals surface area contributed by atoms with Gasteiger partial charge in [0, 0.05) is 24.1 Å². The van der Waals surface area contributed by atoms with Gasteiger partial charge in [0.25, 0.3) is 5.69 Å². The van der Waals surface area contributed by atoms with E-state index in [1.54, 1.807) is 26.0 Å². The number of nitrogens with zero attached hydrogens (tertiary/aromatic N) is 1. The van der Waals surface area contributed by atoms with Crippen LogP contribution in [0.1, 0.15) is 42.5 Å². The molecule has 0 fully saturated rings. The summed E-state index contributed by atoms with van der Waals surface area (Å²) in [5.41, 5.74) is 2.15. The first-order chi connectivity index (χ1) is 13.8. The summed E-state index contributed by atoms with van der Waals surface area (Å²) in [5.74, 6) is -0.925. The lowest BCUT2D eigenvalue weighted by atomic mass is 10.0. The van der Waals surface area contributed by atoms with Crippen molar-refractivity contribution in [3.8, 4) is 0 Å². The maximum atomic E-state index is 12.5. The second-order valence-corrected chi connectivity index (χ2v) is 6.96. The molecule has 0 heterocycles. The van der Waals surface area contributed by atoms with Gasteiger partial charge in [0.05, 0.1) is 11.0 Å². The van der Waals surface area contributed by atoms with Crippen LogP contribution in [-0.2, 0) is 11.2 Å². The number of hydrogen-bond donors (Lipinski definition) is 3. The molecule has 8 heteroatoms. The maximum absolute atomic E-state index is 12.5. The van der Waals surface area contributed by atoms with Crippen LogP contribution >= 0.6 is 0 Å². The molecular weight excluding hydrogens is 374 g/mol. The van der Waals surface area contributed by atoms with Crippen LogP contribution in [0.4, 0.5) is 10.5 Å². The first kappa shape index (κ1) is 21.9. The van der Waals surface area contributed by atoms with Crippen LogP contribution in [0.5, 0.6) is 0 Å². The number of aliphatic carboxylic acids is 1. The number of nitro benzene ring substituents is 1. The van der Waals surface area contributed by atoms with Crippen LogP contribution < -0.4 is 10.6 Å². The quantitative estimate of drug-likeness (QED) is 0.438. The Labute approximate surface area is 169 Å². The molecule has 0 aliphatic heterocycles. The number of rotatable bonds is 9. The number of carbonyl (C=O) groups excluding carboxylic acids is 1. The van der Waals surface area contributed by atoms with Gasteiger partial charge in [-0.1, -0.05) is 42.5 Å². The number of urea groups is 1. The van der Waals surface area contributed by atoms with Gasteiger partial charge in [-0.25, -0.2) is 4.79 Å². The largest absolute Gasteiger partial charge is 0.481 e. The van der Waals surface area contributed by atoms with Gasteiger partial charge in [0.2, 0.25) is 0 Å². The molecule has 2 aromatic carbocycles. The fourth-order valence-electron chi connectivity index (χ4n) is 3.02. The van der Waals surface area contributed by atoms with E-state index in [1.807, 2.05) is 30.3 Å². The van der Waals surface area contributed by atoms with Gasteiger partial charge in [-0.15, -0.1) is 0 Å². The number of benzene rings is 2. The van der Waals surface area contributed by atoms with Gasteiger partial charge in [0.15, 0.2) is 0 Å². The number of hydrogen-bond acceptors (Lipinski definition) is 4. The van der Waals surface area contributed by atoms with Crippen LogP contribution in [-0.4, -0.2) is 28.1 Å². The Hall–Kier alpha value is -3.42. The number of carbonyl (C=O) groups is 2. The number of carboxylic acid groups (broad SMARTS) is 1. The smallest absolute Gasteiger partial charge is 0.315 e. The van der Waals surface area contributed by atoms with Crippen LogP contribution in [0.25, 0.3) is 0 Å². The zero-order chi connectivity index (χ0) is 21.4. The zero-order valence-corrected chi connectivity index (χ0v) is 16.4. The van der Waals surface area contributed by atoms with E-state index in [4.69, 9.17) is 5.11 Å². The highest BCUT2D eigenvalue weighted by Crippen LogP contribution is 2.23. The van der Waals surface area contributed by atoms with Gasteiger partial charge in [0.1, 0.15) is 0 Å². The van der Waals surface area contributed by atoms with E-state index in [9.17, 15) is 19.7 Å². The fourth-order valence-corrected chi connectivity index (χ4v) is 3.02. The molecule has 2 amide bonds. The summed E-state index contributed by atoms with van der Waals surface area (Å²) in [6.07, 6.45) is 0.742. The van der Waals surface area contributed by atoms with E-state index in [1.165, 1.54) is 6.07 Å². The first-order valence-corrected chi connectivity index (χ1v) is 9.34. The van der Waals surface area contributed by atoms with Crippen LogP contribution in [0, 0.1) is 17.0 Å². The number of nitro groups is 1. The monoisotopic (exact) mass is 399 g/mol. The van der Waals surface area contributed by atoms with Gasteiger partial charge in [-0.2, -0.15) is 0 Å². The molecular formula is C21H25N3O5. The van der Waals surface area contributed by atoms with E-state index in [0.29, 0.717) is 24.0 Å². The molecule has 3 N–H and O–H groups in total. The van der Waals surface area contributed by atoms with Crippen molar-refractivity contribution in [1.29, 1.82) is 0 Å². The Bertz CT molecular complexity index is 870. The van der Waals surface area contributed by atoms with Gasteiger partial charge >= 0.3 is 12.0 Å². The topological polar surface area (TPSA) is 122 Å². The minimum atomic E-state index is -0.925. The van der Waals surface area contributed by atoms with Crippen LogP contribution in [0.2, 0.25) is 0 Å². The summed E-state index contributed by atoms with van der Waals surface area (Å²) < 4.78 is 0. The number of aryl methyl sites for hydroxylation is 1. The third-order valence-electron chi connectivity index (χ3n) is 4.64. The normalized spacial score (nSPS) is 12.6. The molecule has 0 saturated carbocycles. The van der Waals surface area contributed by atoms with Crippen LogP contribution in [0.3, 0.4) is 0 Å². The summed E-state index contributed by atoms with van der Waals surface area (Å²) in [6.45, 7) is 3.39. The molecule has 0 saturated heterocycles. The van der Waals surface area contributed by atoms with Crippen molar-refractivity contribution in [2.24, 2.45) is 0 Å². The molecule has 2 rings (SSSR count). The lowest BCUT2D eigenvalue weighted by molar-refractivity contribution is -0.385. The third kappa shape index (κ3) is 6.91. The molecule has 0 bridgehead atoms. The minimum absolute atomic E-state index is 0.0000273. The van der Waals surface area contributed by atoms with Crippen molar-refractivity contribution < 1.29 is 19.6 Å². The second kappa shape index (κ2) is 10.2. The molecule has 0 spiro atoms. The Morgan fingerprint density at radius 2 is 1.83 bits per heavy atom. The summed E-state index contributed by atoms with van der Waals surface area (Å²) in [5, 5.41) is 25.7. The molecule has 0 radical (unpaired) electrons. The fraction of sp³-hybridized carbons (Fsp3) is 0.333. The van der Waals surface area contributed by atoms with Crippen molar-refractivity contribution in [2.45, 2.75) is 45.2 Å². The highest BCUT2D eigenvalue weighted by Gasteiger charge is 2.18. The predicted octanol–water partition coefficient (Wildman–Crippen LogP) is 3.74. The zero-order valence-electron chi connectivity index (χ0n) is 16.4. The first-order valence-electron chi connectivity index (χ1n) is 9.34. The third-order valence-corrected chi connectivity index (χ3v) is 4.64. The molecule has 154 valence electrons. The molecule has 8 nitrogen and oxygen atoms in total. The standard InChI is InChI=1S/C21H25N3O5/c1-14-8-9-17(13-19(14)24(28)29)15(2)22-21(27)23-18(10-11-20(25)26)12-16-6-4-3-5-7-16/h3-9,13,15,18H,10-12H2,1-2H3,(H,25,26)(H2,22,23,27). The SMILES string of the molecule is Cc1ccc(C(C)NC(=O)NC(CCC(=O)O)Cc2ccccc2)cc1[N+](=O)[O-]. The number of nitrogens with one attached hydrogen (secondary N) is 2. The Morgan fingerprint density at radius 3 is 2.45 bits per heavy atom. The van der Waals surface area contributed by atoms with Crippen molar-refractivity contribution in [3.05, 3.63) is 75.3 Å². The molecule has 2 unspecified atom stereocenters. The minimum Gasteiger partial charge on any atom is -0.481 e. The molecule has 0 aromatic heterocycles. The van der Waals surface area contributed by atoms with E-state index in [2.05, 4.69) is 10.6 Å². The average Bonchev–Trinajstić information content (AvgIpc) is 2.66. The van der Waals surface area contributed by atoms with Gasteiger partial charge in [-0.05, 0) is 37.8 Å². The second-order valence-electron chi connectivity index (χ2n) is 6.96. The van der Waals surface area contributed by atoms with Crippen LogP contribution in [0.15, 0.2) is 48.5 Å². The van der Waals surface area contributed by atoms with E-state index < -0.39 is 23.0 Å². The molecule has 0 aliphatic carbocycles. The summed E-state index contributed by atoms with van der Waals surface area (Å²) in [4.78, 5) is 34.1. The Balaban J connectivity index is 2.03. The lowest BCUT2D eigenvalue weighted by Gasteiger charge is -2.21. The van der Waals surface area contributed by atoms with E-state index in [0.717, 1.165) is 5.56 Å². The highest BCUT2D eigenvalue weighted by atomic mass is 16.6. The summed E-state index contributed by atoms with van der Waals surface area (Å²) in [6, 6.07) is 13.1. The number of amides is 2. The number of carboxylic acids is 1. The van der Waals surface area contributed by atoms with Crippen molar-refractivity contribution in [2.75, 3.05) is 0 Å². The molecule has 2 atom stereocenters. The molecule has 0 aliphatic rings. The Kier molecular flexibility index (Phi) is 7.70.